The van der Waals surface area contributed by atoms with Crippen LogP contribution in [0.3, 0.4) is 0 Å². The SMILES string of the molecule is O=C(CCc1ccccc1)Nc1nc(C(=O)N2CCCc3ccccc32)cs1. The molecule has 0 aliphatic carbocycles. The normalized spacial score (nSPS) is 13.1. The Balaban J connectivity index is 1.39. The molecule has 0 fully saturated rings. The van der Waals surface area contributed by atoms with Gasteiger partial charge in [-0.2, -0.15) is 0 Å². The molecule has 0 atom stereocenters. The third-order valence-electron chi connectivity index (χ3n) is 4.81. The molecule has 0 radical (unpaired) electrons. The van der Waals surface area contributed by atoms with Crippen LogP contribution < -0.4 is 10.2 Å². The summed E-state index contributed by atoms with van der Waals surface area (Å²) in [5.41, 5.74) is 3.64. The fraction of sp³-hybridized carbons (Fsp3) is 0.227. The Hall–Kier alpha value is -2.99. The van der Waals surface area contributed by atoms with Gasteiger partial charge in [0.1, 0.15) is 5.69 Å². The smallest absolute Gasteiger partial charge is 0.277 e. The standard InChI is InChI=1S/C22H21N3O2S/c26-20(13-12-16-7-2-1-3-8-16)24-22-23-18(15-28-22)21(27)25-14-6-10-17-9-4-5-11-19(17)25/h1-5,7-9,11,15H,6,10,12-14H2,(H,23,24,26). The van der Waals surface area contributed by atoms with Gasteiger partial charge in [0.25, 0.3) is 5.91 Å². The zero-order valence-corrected chi connectivity index (χ0v) is 16.2. The highest BCUT2D eigenvalue weighted by atomic mass is 32.1. The average Bonchev–Trinajstić information content (AvgIpc) is 3.20. The van der Waals surface area contributed by atoms with Gasteiger partial charge in [0, 0.05) is 24.0 Å². The van der Waals surface area contributed by atoms with E-state index >= 15 is 0 Å². The van der Waals surface area contributed by atoms with Crippen LogP contribution in [-0.2, 0) is 17.6 Å². The molecule has 0 saturated carbocycles. The Morgan fingerprint density at radius 1 is 1.07 bits per heavy atom. The second-order valence-corrected chi connectivity index (χ2v) is 7.62. The lowest BCUT2D eigenvalue weighted by Gasteiger charge is -2.28. The highest BCUT2D eigenvalue weighted by Crippen LogP contribution is 2.28. The van der Waals surface area contributed by atoms with Crippen molar-refractivity contribution in [3.63, 3.8) is 0 Å². The molecule has 142 valence electrons. The first-order valence-electron chi connectivity index (χ1n) is 9.40. The van der Waals surface area contributed by atoms with Gasteiger partial charge >= 0.3 is 0 Å². The zero-order valence-electron chi connectivity index (χ0n) is 15.4. The maximum absolute atomic E-state index is 12.9. The van der Waals surface area contributed by atoms with Crippen molar-refractivity contribution in [2.75, 3.05) is 16.8 Å². The summed E-state index contributed by atoms with van der Waals surface area (Å²) < 4.78 is 0. The number of carbonyl (C=O) groups excluding carboxylic acids is 2. The summed E-state index contributed by atoms with van der Waals surface area (Å²) in [5.74, 6) is -0.214. The summed E-state index contributed by atoms with van der Waals surface area (Å²) in [5, 5.41) is 4.99. The highest BCUT2D eigenvalue weighted by Gasteiger charge is 2.25. The van der Waals surface area contributed by atoms with Crippen LogP contribution >= 0.6 is 11.3 Å². The average molecular weight is 391 g/mol. The van der Waals surface area contributed by atoms with Gasteiger partial charge < -0.3 is 10.2 Å². The van der Waals surface area contributed by atoms with Crippen LogP contribution in [0, 0.1) is 0 Å². The number of carbonyl (C=O) groups is 2. The molecule has 2 heterocycles. The second-order valence-electron chi connectivity index (χ2n) is 6.76. The second kappa shape index (κ2) is 8.35. The number of benzene rings is 2. The van der Waals surface area contributed by atoms with Crippen molar-refractivity contribution in [3.8, 4) is 0 Å². The molecule has 1 aliphatic heterocycles. The largest absolute Gasteiger partial charge is 0.307 e. The topological polar surface area (TPSA) is 62.3 Å². The lowest BCUT2D eigenvalue weighted by molar-refractivity contribution is -0.116. The fourth-order valence-electron chi connectivity index (χ4n) is 3.40. The molecule has 0 spiro atoms. The van der Waals surface area contributed by atoms with E-state index in [-0.39, 0.29) is 11.8 Å². The first-order valence-corrected chi connectivity index (χ1v) is 10.3. The molecular formula is C22H21N3O2S. The van der Waals surface area contributed by atoms with E-state index in [1.165, 1.54) is 16.9 Å². The lowest BCUT2D eigenvalue weighted by Crippen LogP contribution is -2.35. The van der Waals surface area contributed by atoms with Crippen molar-refractivity contribution < 1.29 is 9.59 Å². The van der Waals surface area contributed by atoms with Gasteiger partial charge in [0.15, 0.2) is 5.13 Å². The van der Waals surface area contributed by atoms with E-state index in [1.54, 1.807) is 10.3 Å². The Bertz CT molecular complexity index is 984. The van der Waals surface area contributed by atoms with Gasteiger partial charge in [-0.25, -0.2) is 4.98 Å². The number of nitrogens with one attached hydrogen (secondary N) is 1. The first kappa shape index (κ1) is 18.4. The highest BCUT2D eigenvalue weighted by molar-refractivity contribution is 7.14. The van der Waals surface area contributed by atoms with Crippen LogP contribution in [0.5, 0.6) is 0 Å². The number of aromatic nitrogens is 1. The third kappa shape index (κ3) is 4.12. The fourth-order valence-corrected chi connectivity index (χ4v) is 4.10. The number of anilines is 2. The molecule has 28 heavy (non-hydrogen) atoms. The van der Waals surface area contributed by atoms with Crippen LogP contribution in [0.25, 0.3) is 0 Å². The quantitative estimate of drug-likeness (QED) is 0.705. The first-order chi connectivity index (χ1) is 13.7. The summed E-state index contributed by atoms with van der Waals surface area (Å²) >= 11 is 1.28. The molecule has 4 rings (SSSR count). The lowest BCUT2D eigenvalue weighted by atomic mass is 10.0. The van der Waals surface area contributed by atoms with E-state index in [9.17, 15) is 9.59 Å². The monoisotopic (exact) mass is 391 g/mol. The van der Waals surface area contributed by atoms with Crippen LogP contribution in [0.15, 0.2) is 60.0 Å². The van der Waals surface area contributed by atoms with Gasteiger partial charge in [-0.15, -0.1) is 11.3 Å². The molecule has 2 aromatic carbocycles. The molecule has 0 bridgehead atoms. The summed E-state index contributed by atoms with van der Waals surface area (Å²) in [6.07, 6.45) is 2.98. The molecule has 1 N–H and O–H groups in total. The van der Waals surface area contributed by atoms with Crippen LogP contribution in [0.2, 0.25) is 0 Å². The van der Waals surface area contributed by atoms with Crippen LogP contribution in [-0.4, -0.2) is 23.3 Å². The van der Waals surface area contributed by atoms with Crippen LogP contribution in [0.4, 0.5) is 10.8 Å². The van der Waals surface area contributed by atoms with Crippen molar-refractivity contribution >= 4 is 34.0 Å². The maximum Gasteiger partial charge on any atom is 0.277 e. The van der Waals surface area contributed by atoms with Crippen molar-refractivity contribution in [1.29, 1.82) is 0 Å². The molecule has 5 nitrogen and oxygen atoms in total. The van der Waals surface area contributed by atoms with Gasteiger partial charge in [-0.1, -0.05) is 48.5 Å². The number of thiazole rings is 1. The maximum atomic E-state index is 12.9. The third-order valence-corrected chi connectivity index (χ3v) is 5.57. The van der Waals surface area contributed by atoms with E-state index < -0.39 is 0 Å². The van der Waals surface area contributed by atoms with Crippen LogP contribution in [0.1, 0.15) is 34.5 Å². The van der Waals surface area contributed by atoms with Gasteiger partial charge in [0.05, 0.1) is 0 Å². The van der Waals surface area contributed by atoms with Gasteiger partial charge in [0.2, 0.25) is 5.91 Å². The molecule has 3 aromatic rings. The Morgan fingerprint density at radius 2 is 1.86 bits per heavy atom. The number of fused-ring (bicyclic) bond motifs is 1. The van der Waals surface area contributed by atoms with Crippen molar-refractivity contribution in [3.05, 3.63) is 76.8 Å². The number of aryl methyl sites for hydroxylation is 2. The predicted molar refractivity (Wildman–Crippen MR) is 112 cm³/mol. The van der Waals surface area contributed by atoms with Gasteiger partial charge in [-0.3, -0.25) is 9.59 Å². The number of para-hydroxylation sites is 1. The summed E-state index contributed by atoms with van der Waals surface area (Å²) in [6, 6.07) is 17.9. The van der Waals surface area contributed by atoms with E-state index in [0.717, 1.165) is 24.1 Å². The van der Waals surface area contributed by atoms with Crippen molar-refractivity contribution in [2.24, 2.45) is 0 Å². The molecule has 6 heteroatoms. The number of nitrogens with zero attached hydrogens (tertiary/aromatic N) is 2. The Morgan fingerprint density at radius 3 is 2.71 bits per heavy atom. The van der Waals surface area contributed by atoms with E-state index in [2.05, 4.69) is 16.4 Å². The molecule has 2 amide bonds. The number of hydrogen-bond donors (Lipinski definition) is 1. The molecular weight excluding hydrogens is 370 g/mol. The molecule has 1 aliphatic rings. The number of hydrogen-bond acceptors (Lipinski definition) is 4. The van der Waals surface area contributed by atoms with E-state index in [1.807, 2.05) is 48.5 Å². The minimum Gasteiger partial charge on any atom is -0.307 e. The number of rotatable bonds is 5. The molecule has 0 saturated heterocycles. The minimum atomic E-state index is -0.117. The van der Waals surface area contributed by atoms with Gasteiger partial charge in [-0.05, 0) is 36.5 Å². The van der Waals surface area contributed by atoms with E-state index in [4.69, 9.17) is 0 Å². The predicted octanol–water partition coefficient (Wildman–Crippen LogP) is 4.31. The summed E-state index contributed by atoms with van der Waals surface area (Å²) in [7, 11) is 0. The minimum absolute atomic E-state index is 0.0967. The van der Waals surface area contributed by atoms with Crippen molar-refractivity contribution in [1.82, 2.24) is 4.98 Å². The molecule has 1 aromatic heterocycles. The zero-order chi connectivity index (χ0) is 19.3. The number of amides is 2. The summed E-state index contributed by atoms with van der Waals surface area (Å²) in [6.45, 7) is 0.687. The Labute approximate surface area is 168 Å². The van der Waals surface area contributed by atoms with E-state index in [0.29, 0.717) is 30.2 Å². The summed E-state index contributed by atoms with van der Waals surface area (Å²) in [4.78, 5) is 31.3. The molecule has 0 unspecified atom stereocenters. The van der Waals surface area contributed by atoms with Crippen molar-refractivity contribution in [2.45, 2.75) is 25.7 Å². The Kier molecular flexibility index (Phi) is 5.48.